The number of piperidine rings is 1. The SMILES string of the molecule is C[C@H]1CCc2c(sc3ncnc(N4CCC[C@@H](c5nnc6n5CCCCC6)C4)c23)C1. The summed E-state index contributed by atoms with van der Waals surface area (Å²) in [6.07, 6.45) is 12.7. The molecule has 2 aliphatic heterocycles. The van der Waals surface area contributed by atoms with Crippen molar-refractivity contribution in [2.24, 2.45) is 5.92 Å². The Morgan fingerprint density at radius 3 is 2.93 bits per heavy atom. The van der Waals surface area contributed by atoms with Gasteiger partial charge in [-0.15, -0.1) is 21.5 Å². The summed E-state index contributed by atoms with van der Waals surface area (Å²) in [5.41, 5.74) is 1.53. The van der Waals surface area contributed by atoms with E-state index in [1.54, 1.807) is 11.2 Å². The van der Waals surface area contributed by atoms with Gasteiger partial charge in [0.05, 0.1) is 5.39 Å². The molecule has 0 bridgehead atoms. The first kappa shape index (κ1) is 18.7. The van der Waals surface area contributed by atoms with Crippen LogP contribution < -0.4 is 4.90 Å². The van der Waals surface area contributed by atoms with Gasteiger partial charge < -0.3 is 9.47 Å². The van der Waals surface area contributed by atoms with E-state index in [-0.39, 0.29) is 0 Å². The van der Waals surface area contributed by atoms with E-state index >= 15 is 0 Å². The summed E-state index contributed by atoms with van der Waals surface area (Å²) in [6.45, 7) is 5.52. The molecular formula is C23H30N6S. The minimum absolute atomic E-state index is 0.442. The van der Waals surface area contributed by atoms with Crippen LogP contribution in [-0.4, -0.2) is 37.8 Å². The largest absolute Gasteiger partial charge is 0.355 e. The van der Waals surface area contributed by atoms with E-state index in [9.17, 15) is 0 Å². The lowest BCUT2D eigenvalue weighted by Crippen LogP contribution is -2.36. The maximum atomic E-state index is 4.83. The summed E-state index contributed by atoms with van der Waals surface area (Å²) < 4.78 is 2.44. The van der Waals surface area contributed by atoms with Crippen molar-refractivity contribution in [2.45, 2.75) is 77.2 Å². The van der Waals surface area contributed by atoms with E-state index in [2.05, 4.69) is 31.6 Å². The van der Waals surface area contributed by atoms with E-state index < -0.39 is 0 Å². The summed E-state index contributed by atoms with van der Waals surface area (Å²) in [5, 5.41) is 10.6. The first-order valence-electron chi connectivity index (χ1n) is 11.7. The van der Waals surface area contributed by atoms with Gasteiger partial charge in [-0.2, -0.15) is 0 Å². The molecule has 2 atom stereocenters. The molecule has 1 saturated heterocycles. The van der Waals surface area contributed by atoms with Crippen LogP contribution in [0.4, 0.5) is 5.82 Å². The van der Waals surface area contributed by atoms with Crippen molar-refractivity contribution in [3.63, 3.8) is 0 Å². The van der Waals surface area contributed by atoms with Crippen molar-refractivity contribution in [3.05, 3.63) is 28.4 Å². The summed E-state index contributed by atoms with van der Waals surface area (Å²) in [7, 11) is 0. The van der Waals surface area contributed by atoms with Crippen molar-refractivity contribution in [1.82, 2.24) is 24.7 Å². The van der Waals surface area contributed by atoms with Crippen LogP contribution in [0.3, 0.4) is 0 Å². The fourth-order valence-electron chi connectivity index (χ4n) is 5.69. The third-order valence-corrected chi connectivity index (χ3v) is 8.46. The van der Waals surface area contributed by atoms with Crippen LogP contribution >= 0.6 is 11.3 Å². The first-order chi connectivity index (χ1) is 14.8. The van der Waals surface area contributed by atoms with Crippen LogP contribution in [0.15, 0.2) is 6.33 Å². The number of anilines is 1. The smallest absolute Gasteiger partial charge is 0.141 e. The molecule has 0 unspecified atom stereocenters. The number of thiophene rings is 1. The molecule has 1 fully saturated rings. The van der Waals surface area contributed by atoms with Gasteiger partial charge in [0.25, 0.3) is 0 Å². The lowest BCUT2D eigenvalue weighted by atomic mass is 9.89. The zero-order valence-corrected chi connectivity index (χ0v) is 18.6. The summed E-state index contributed by atoms with van der Waals surface area (Å²) in [5.74, 6) is 4.79. The van der Waals surface area contributed by atoms with Crippen molar-refractivity contribution in [3.8, 4) is 0 Å². The van der Waals surface area contributed by atoms with Crippen molar-refractivity contribution >= 4 is 27.4 Å². The molecule has 6 rings (SSSR count). The molecular weight excluding hydrogens is 392 g/mol. The van der Waals surface area contributed by atoms with E-state index in [1.165, 1.54) is 78.8 Å². The zero-order valence-electron chi connectivity index (χ0n) is 17.8. The summed E-state index contributed by atoms with van der Waals surface area (Å²) >= 11 is 1.90. The van der Waals surface area contributed by atoms with Crippen molar-refractivity contribution < 1.29 is 0 Å². The molecule has 0 radical (unpaired) electrons. The van der Waals surface area contributed by atoms with Gasteiger partial charge in [0.1, 0.15) is 28.6 Å². The van der Waals surface area contributed by atoms with Crippen molar-refractivity contribution in [2.75, 3.05) is 18.0 Å². The van der Waals surface area contributed by atoms with Gasteiger partial charge in [0.15, 0.2) is 0 Å². The Bertz CT molecular complexity index is 1070. The molecule has 158 valence electrons. The number of nitrogens with zero attached hydrogens (tertiary/aromatic N) is 6. The second-order valence-electron chi connectivity index (χ2n) is 9.45. The monoisotopic (exact) mass is 422 g/mol. The molecule has 0 saturated carbocycles. The second-order valence-corrected chi connectivity index (χ2v) is 10.5. The lowest BCUT2D eigenvalue weighted by molar-refractivity contribution is 0.464. The molecule has 0 aromatic carbocycles. The molecule has 1 aliphatic carbocycles. The van der Waals surface area contributed by atoms with Gasteiger partial charge >= 0.3 is 0 Å². The van der Waals surface area contributed by atoms with Gasteiger partial charge in [-0.05, 0) is 56.4 Å². The van der Waals surface area contributed by atoms with E-state index in [0.717, 1.165) is 37.8 Å². The fourth-order valence-corrected chi connectivity index (χ4v) is 7.03. The van der Waals surface area contributed by atoms with Gasteiger partial charge in [-0.25, -0.2) is 9.97 Å². The van der Waals surface area contributed by atoms with E-state index in [1.807, 2.05) is 11.3 Å². The van der Waals surface area contributed by atoms with Crippen LogP contribution in [0.25, 0.3) is 10.2 Å². The molecule has 5 heterocycles. The standard InChI is InChI=1S/C23H30N6S/c1-15-8-9-17-18(12-15)30-23-20(17)22(24-14-25-23)28-10-5-6-16(13-28)21-27-26-19-7-3-2-4-11-29(19)21/h14-16H,2-13H2,1H3/t15-,16+/m0/s1. The van der Waals surface area contributed by atoms with Gasteiger partial charge in [-0.1, -0.05) is 13.3 Å². The highest BCUT2D eigenvalue weighted by atomic mass is 32.1. The maximum absolute atomic E-state index is 4.83. The molecule has 0 amide bonds. The number of rotatable bonds is 2. The predicted octanol–water partition coefficient (Wildman–Crippen LogP) is 4.52. The molecule has 30 heavy (non-hydrogen) atoms. The fraction of sp³-hybridized carbons (Fsp3) is 0.652. The Kier molecular flexibility index (Phi) is 4.74. The van der Waals surface area contributed by atoms with Gasteiger partial charge in [-0.3, -0.25) is 0 Å². The first-order valence-corrected chi connectivity index (χ1v) is 12.5. The maximum Gasteiger partial charge on any atom is 0.141 e. The number of aromatic nitrogens is 5. The quantitative estimate of drug-likeness (QED) is 0.608. The third-order valence-electron chi connectivity index (χ3n) is 7.30. The van der Waals surface area contributed by atoms with Gasteiger partial charge in [0.2, 0.25) is 0 Å². The van der Waals surface area contributed by atoms with Crippen LogP contribution in [0.5, 0.6) is 0 Å². The van der Waals surface area contributed by atoms with Crippen LogP contribution in [0, 0.1) is 5.92 Å². The van der Waals surface area contributed by atoms with Crippen LogP contribution in [0.1, 0.15) is 73.5 Å². The summed E-state index contributed by atoms with van der Waals surface area (Å²) in [4.78, 5) is 14.7. The summed E-state index contributed by atoms with van der Waals surface area (Å²) in [6, 6.07) is 0. The highest BCUT2D eigenvalue weighted by Crippen LogP contribution is 2.41. The van der Waals surface area contributed by atoms with Crippen LogP contribution in [-0.2, 0) is 25.8 Å². The number of hydrogen-bond acceptors (Lipinski definition) is 6. The highest BCUT2D eigenvalue weighted by molar-refractivity contribution is 7.19. The Balaban J connectivity index is 1.34. The van der Waals surface area contributed by atoms with E-state index in [0.29, 0.717) is 5.92 Å². The molecule has 0 N–H and O–H groups in total. The Hall–Kier alpha value is -2.02. The number of fused-ring (bicyclic) bond motifs is 4. The Morgan fingerprint density at radius 1 is 1.00 bits per heavy atom. The second kappa shape index (κ2) is 7.59. The molecule has 3 aromatic rings. The van der Waals surface area contributed by atoms with E-state index in [4.69, 9.17) is 4.98 Å². The Labute approximate surface area is 181 Å². The molecule has 3 aliphatic rings. The average Bonchev–Trinajstić information content (AvgIpc) is 3.26. The lowest BCUT2D eigenvalue weighted by Gasteiger charge is -2.34. The predicted molar refractivity (Wildman–Crippen MR) is 120 cm³/mol. The van der Waals surface area contributed by atoms with Gasteiger partial charge in [0, 0.05) is 36.9 Å². The molecule has 6 nitrogen and oxygen atoms in total. The zero-order chi connectivity index (χ0) is 20.1. The minimum Gasteiger partial charge on any atom is -0.355 e. The Morgan fingerprint density at radius 2 is 1.97 bits per heavy atom. The van der Waals surface area contributed by atoms with Crippen molar-refractivity contribution in [1.29, 1.82) is 0 Å². The normalized spacial score (nSPS) is 24.5. The minimum atomic E-state index is 0.442. The molecule has 3 aromatic heterocycles. The highest BCUT2D eigenvalue weighted by Gasteiger charge is 2.30. The molecule has 0 spiro atoms. The number of hydrogen-bond donors (Lipinski definition) is 0. The number of aryl methyl sites for hydroxylation is 2. The topological polar surface area (TPSA) is 59.7 Å². The molecule has 7 heteroatoms. The average molecular weight is 423 g/mol. The third kappa shape index (κ3) is 3.13. The van der Waals surface area contributed by atoms with Crippen LogP contribution in [0.2, 0.25) is 0 Å².